The predicted octanol–water partition coefficient (Wildman–Crippen LogP) is 2.73. The Morgan fingerprint density at radius 3 is 2.59 bits per heavy atom. The number of halogens is 1. The van der Waals surface area contributed by atoms with Crippen LogP contribution in [0.2, 0.25) is 0 Å². The summed E-state index contributed by atoms with van der Waals surface area (Å²) < 4.78 is 5.90. The van der Waals surface area contributed by atoms with E-state index >= 15 is 0 Å². The van der Waals surface area contributed by atoms with E-state index in [0.29, 0.717) is 22.7 Å². The molecular formula is C15H16BrN3O3. The van der Waals surface area contributed by atoms with Crippen LogP contribution in [0.15, 0.2) is 27.2 Å². The number of amides is 2. The van der Waals surface area contributed by atoms with Crippen molar-refractivity contribution in [2.24, 2.45) is 0 Å². The van der Waals surface area contributed by atoms with Gasteiger partial charge in [0.2, 0.25) is 5.91 Å². The van der Waals surface area contributed by atoms with Crippen molar-refractivity contribution in [1.29, 1.82) is 0 Å². The van der Waals surface area contributed by atoms with E-state index in [9.17, 15) is 9.59 Å². The van der Waals surface area contributed by atoms with E-state index in [1.807, 2.05) is 19.1 Å². The summed E-state index contributed by atoms with van der Waals surface area (Å²) in [5, 5.41) is 8.99. The first-order chi connectivity index (χ1) is 10.4. The van der Waals surface area contributed by atoms with Crippen LogP contribution in [-0.4, -0.2) is 23.5 Å². The van der Waals surface area contributed by atoms with Gasteiger partial charge in [-0.3, -0.25) is 9.59 Å². The van der Waals surface area contributed by atoms with Gasteiger partial charge in [0.05, 0.1) is 12.2 Å². The number of benzene rings is 1. The number of carbonyl (C=O) groups is 2. The maximum Gasteiger partial charge on any atom is 0.257 e. The Hall–Kier alpha value is -2.15. The van der Waals surface area contributed by atoms with Crippen LogP contribution < -0.4 is 10.6 Å². The Balaban J connectivity index is 1.93. The molecule has 0 aliphatic heterocycles. The quantitative estimate of drug-likeness (QED) is 0.872. The maximum atomic E-state index is 12.0. The highest BCUT2D eigenvalue weighted by Crippen LogP contribution is 2.19. The van der Waals surface area contributed by atoms with Crippen molar-refractivity contribution in [3.05, 3.63) is 45.3 Å². The van der Waals surface area contributed by atoms with Gasteiger partial charge in [-0.25, -0.2) is 0 Å². The second-order valence-electron chi connectivity index (χ2n) is 4.89. The lowest BCUT2D eigenvalue weighted by Crippen LogP contribution is -2.33. The summed E-state index contributed by atoms with van der Waals surface area (Å²) >= 11 is 3.40. The molecule has 1 heterocycles. The number of hydrogen-bond donors (Lipinski definition) is 2. The number of nitrogens with one attached hydrogen (secondary N) is 2. The van der Waals surface area contributed by atoms with Crippen molar-refractivity contribution >= 4 is 33.4 Å². The summed E-state index contributed by atoms with van der Waals surface area (Å²) in [6, 6.07) is 5.48. The van der Waals surface area contributed by atoms with Gasteiger partial charge < -0.3 is 15.2 Å². The second kappa shape index (κ2) is 6.74. The van der Waals surface area contributed by atoms with Crippen LogP contribution in [0.3, 0.4) is 0 Å². The molecule has 6 nitrogen and oxygen atoms in total. The van der Waals surface area contributed by atoms with Crippen molar-refractivity contribution in [3.8, 4) is 0 Å². The highest BCUT2D eigenvalue weighted by molar-refractivity contribution is 9.10. The standard InChI is InChI=1S/C15H16BrN3O3/c1-8-6-11(4-5-12(8)16)18-13(20)7-17-15(21)14-9(2)19-22-10(14)3/h4-6H,7H2,1-3H3,(H,17,21)(H,18,20). The van der Waals surface area contributed by atoms with Crippen LogP contribution in [0.5, 0.6) is 0 Å². The molecule has 0 bridgehead atoms. The molecule has 0 aliphatic carbocycles. The highest BCUT2D eigenvalue weighted by Gasteiger charge is 2.17. The predicted molar refractivity (Wildman–Crippen MR) is 85.8 cm³/mol. The molecule has 0 aliphatic rings. The second-order valence-corrected chi connectivity index (χ2v) is 5.75. The first-order valence-electron chi connectivity index (χ1n) is 6.65. The number of carbonyl (C=O) groups excluding carboxylic acids is 2. The molecule has 116 valence electrons. The molecule has 0 radical (unpaired) electrons. The van der Waals surface area contributed by atoms with E-state index < -0.39 is 0 Å². The molecule has 2 amide bonds. The van der Waals surface area contributed by atoms with Crippen LogP contribution in [0.4, 0.5) is 5.69 Å². The van der Waals surface area contributed by atoms with E-state index in [0.717, 1.165) is 10.0 Å². The molecule has 0 spiro atoms. The first kappa shape index (κ1) is 16.2. The number of rotatable bonds is 4. The minimum Gasteiger partial charge on any atom is -0.361 e. The Bertz CT molecular complexity index is 705. The molecule has 2 aromatic rings. The highest BCUT2D eigenvalue weighted by atomic mass is 79.9. The average Bonchev–Trinajstić information content (AvgIpc) is 2.80. The van der Waals surface area contributed by atoms with Crippen molar-refractivity contribution in [2.75, 3.05) is 11.9 Å². The lowest BCUT2D eigenvalue weighted by molar-refractivity contribution is -0.115. The largest absolute Gasteiger partial charge is 0.361 e. The molecule has 2 N–H and O–H groups in total. The zero-order valence-corrected chi connectivity index (χ0v) is 14.1. The topological polar surface area (TPSA) is 84.2 Å². The summed E-state index contributed by atoms with van der Waals surface area (Å²) in [5.74, 6) is -0.251. The van der Waals surface area contributed by atoms with Gasteiger partial charge in [-0.05, 0) is 44.5 Å². The molecule has 0 saturated carbocycles. The molecule has 2 rings (SSSR count). The zero-order valence-electron chi connectivity index (χ0n) is 12.5. The number of aryl methyl sites for hydroxylation is 3. The van der Waals surface area contributed by atoms with E-state index in [4.69, 9.17) is 4.52 Å². The fraction of sp³-hybridized carbons (Fsp3) is 0.267. The molecule has 0 fully saturated rings. The molecule has 7 heteroatoms. The van der Waals surface area contributed by atoms with Crippen molar-refractivity contribution in [1.82, 2.24) is 10.5 Å². The Morgan fingerprint density at radius 1 is 1.27 bits per heavy atom. The summed E-state index contributed by atoms with van der Waals surface area (Å²) in [6.45, 7) is 5.13. The minimum absolute atomic E-state index is 0.127. The third-order valence-electron chi connectivity index (χ3n) is 3.11. The number of hydrogen-bond acceptors (Lipinski definition) is 4. The third kappa shape index (κ3) is 3.73. The average molecular weight is 366 g/mol. The molecular weight excluding hydrogens is 350 g/mol. The van der Waals surface area contributed by atoms with Crippen molar-refractivity contribution in [2.45, 2.75) is 20.8 Å². The van der Waals surface area contributed by atoms with Crippen LogP contribution in [0.25, 0.3) is 0 Å². The van der Waals surface area contributed by atoms with Gasteiger partial charge in [-0.15, -0.1) is 0 Å². The monoisotopic (exact) mass is 365 g/mol. The lowest BCUT2D eigenvalue weighted by atomic mass is 10.2. The lowest BCUT2D eigenvalue weighted by Gasteiger charge is -2.08. The van der Waals surface area contributed by atoms with Crippen LogP contribution in [0.1, 0.15) is 27.4 Å². The first-order valence-corrected chi connectivity index (χ1v) is 7.45. The van der Waals surface area contributed by atoms with Crippen molar-refractivity contribution in [3.63, 3.8) is 0 Å². The van der Waals surface area contributed by atoms with Gasteiger partial charge >= 0.3 is 0 Å². The molecule has 1 aromatic heterocycles. The zero-order chi connectivity index (χ0) is 16.3. The summed E-state index contributed by atoms with van der Waals surface area (Å²) in [7, 11) is 0. The van der Waals surface area contributed by atoms with E-state index in [1.54, 1.807) is 19.9 Å². The van der Waals surface area contributed by atoms with E-state index in [2.05, 4.69) is 31.7 Å². The van der Waals surface area contributed by atoms with Gasteiger partial charge in [0.15, 0.2) is 0 Å². The van der Waals surface area contributed by atoms with E-state index in [-0.39, 0.29) is 18.4 Å². The van der Waals surface area contributed by atoms with Gasteiger partial charge in [0, 0.05) is 10.2 Å². The van der Waals surface area contributed by atoms with Crippen molar-refractivity contribution < 1.29 is 14.1 Å². The SMILES string of the molecule is Cc1cc(NC(=O)CNC(=O)c2c(C)noc2C)ccc1Br. The normalized spacial score (nSPS) is 10.4. The number of anilines is 1. The Labute approximate surface area is 136 Å². The van der Waals surface area contributed by atoms with Crippen LogP contribution in [0, 0.1) is 20.8 Å². The van der Waals surface area contributed by atoms with Crippen LogP contribution >= 0.6 is 15.9 Å². The van der Waals surface area contributed by atoms with Crippen LogP contribution in [-0.2, 0) is 4.79 Å². The Morgan fingerprint density at radius 2 is 2.00 bits per heavy atom. The number of nitrogens with zero attached hydrogens (tertiary/aromatic N) is 1. The molecule has 22 heavy (non-hydrogen) atoms. The van der Waals surface area contributed by atoms with Gasteiger partial charge in [0.25, 0.3) is 5.91 Å². The summed E-state index contributed by atoms with van der Waals surface area (Å²) in [4.78, 5) is 23.9. The van der Waals surface area contributed by atoms with Gasteiger partial charge in [0.1, 0.15) is 11.3 Å². The summed E-state index contributed by atoms with van der Waals surface area (Å²) in [5.41, 5.74) is 2.56. The van der Waals surface area contributed by atoms with Gasteiger partial charge in [-0.1, -0.05) is 21.1 Å². The summed E-state index contributed by atoms with van der Waals surface area (Å²) in [6.07, 6.45) is 0. The maximum absolute atomic E-state index is 12.0. The molecule has 0 unspecified atom stereocenters. The molecule has 1 aromatic carbocycles. The van der Waals surface area contributed by atoms with E-state index in [1.165, 1.54) is 0 Å². The fourth-order valence-electron chi connectivity index (χ4n) is 1.98. The molecule has 0 atom stereocenters. The number of aromatic nitrogens is 1. The smallest absolute Gasteiger partial charge is 0.257 e. The third-order valence-corrected chi connectivity index (χ3v) is 4.00. The minimum atomic E-state index is -0.376. The van der Waals surface area contributed by atoms with Gasteiger partial charge in [-0.2, -0.15) is 0 Å². The molecule has 0 saturated heterocycles. The Kier molecular flexibility index (Phi) is 4.97. The fourth-order valence-corrected chi connectivity index (χ4v) is 2.23.